The number of nitrogens with zero attached hydrogens (tertiary/aromatic N) is 3. The molecule has 0 aliphatic rings. The highest BCUT2D eigenvalue weighted by molar-refractivity contribution is 5.78. The van der Waals surface area contributed by atoms with Gasteiger partial charge >= 0.3 is 0 Å². The van der Waals surface area contributed by atoms with Crippen LogP contribution in [0.5, 0.6) is 0 Å². The summed E-state index contributed by atoms with van der Waals surface area (Å²) >= 11 is 0. The fourth-order valence-electron chi connectivity index (χ4n) is 1.64. The second kappa shape index (κ2) is 3.30. The Morgan fingerprint density at radius 1 is 1.25 bits per heavy atom. The lowest BCUT2D eigenvalue weighted by Crippen LogP contribution is -2.07. The van der Waals surface area contributed by atoms with Gasteiger partial charge in [-0.05, 0) is 12.1 Å². The van der Waals surface area contributed by atoms with E-state index >= 15 is 0 Å². The molecule has 5 nitrogen and oxygen atoms in total. The molecule has 0 aliphatic heterocycles. The number of aromatic nitrogens is 4. The van der Waals surface area contributed by atoms with Gasteiger partial charge in [-0.25, -0.2) is 9.67 Å². The number of benzene rings is 1. The van der Waals surface area contributed by atoms with Crippen molar-refractivity contribution in [3.63, 3.8) is 0 Å². The second-order valence-electron chi connectivity index (χ2n) is 3.40. The maximum Gasteiger partial charge on any atom is 0.191 e. The normalized spacial score (nSPS) is 10.8. The van der Waals surface area contributed by atoms with Gasteiger partial charge in [0.1, 0.15) is 18.5 Å². The predicted octanol–water partition coefficient (Wildman–Crippen LogP) is 1.11. The molecule has 0 amide bonds. The quantitative estimate of drug-likeness (QED) is 0.657. The van der Waals surface area contributed by atoms with E-state index < -0.39 is 0 Å². The minimum atomic E-state index is -0.0279. The zero-order chi connectivity index (χ0) is 11.0. The van der Waals surface area contributed by atoms with E-state index in [2.05, 4.69) is 15.1 Å². The van der Waals surface area contributed by atoms with Crippen LogP contribution in [-0.2, 0) is 0 Å². The molecule has 0 aliphatic carbocycles. The third-order valence-electron chi connectivity index (χ3n) is 2.39. The standard InChI is InChI=1S/C11H8N4O/c16-10-5-11(15-7-12-6-13-15)14-9-4-2-1-3-8(9)10/h1-7H,(H,14,16). The van der Waals surface area contributed by atoms with Gasteiger partial charge in [-0.15, -0.1) is 0 Å². The highest BCUT2D eigenvalue weighted by Crippen LogP contribution is 2.08. The molecule has 2 heterocycles. The van der Waals surface area contributed by atoms with Gasteiger partial charge in [-0.2, -0.15) is 5.10 Å². The summed E-state index contributed by atoms with van der Waals surface area (Å²) in [5.74, 6) is 0.612. The number of H-pyrrole nitrogens is 1. The zero-order valence-electron chi connectivity index (χ0n) is 8.29. The SMILES string of the molecule is O=c1cc(-n2cncn2)[nH]c2ccccc12. The monoisotopic (exact) mass is 212 g/mol. The van der Waals surface area contributed by atoms with Crippen LogP contribution in [0.25, 0.3) is 16.7 Å². The van der Waals surface area contributed by atoms with E-state index in [0.717, 1.165) is 5.52 Å². The molecule has 0 bridgehead atoms. The summed E-state index contributed by atoms with van der Waals surface area (Å²) < 4.78 is 1.52. The van der Waals surface area contributed by atoms with Crippen molar-refractivity contribution in [2.75, 3.05) is 0 Å². The van der Waals surface area contributed by atoms with Gasteiger partial charge in [0.2, 0.25) is 0 Å². The number of pyridine rings is 1. The van der Waals surface area contributed by atoms with Crippen LogP contribution >= 0.6 is 0 Å². The Balaban J connectivity index is 2.34. The maximum absolute atomic E-state index is 11.8. The molecule has 5 heteroatoms. The highest BCUT2D eigenvalue weighted by atomic mass is 16.1. The number of nitrogens with one attached hydrogen (secondary N) is 1. The van der Waals surface area contributed by atoms with Crippen molar-refractivity contribution in [3.8, 4) is 5.82 Å². The lowest BCUT2D eigenvalue weighted by Gasteiger charge is -2.02. The molecule has 16 heavy (non-hydrogen) atoms. The summed E-state index contributed by atoms with van der Waals surface area (Å²) in [6.45, 7) is 0. The average Bonchev–Trinajstić information content (AvgIpc) is 2.82. The van der Waals surface area contributed by atoms with Crippen molar-refractivity contribution in [3.05, 3.63) is 53.2 Å². The van der Waals surface area contributed by atoms with E-state index in [1.165, 1.54) is 17.1 Å². The molecule has 0 fully saturated rings. The van der Waals surface area contributed by atoms with Crippen molar-refractivity contribution in [1.82, 2.24) is 19.7 Å². The number of hydrogen-bond donors (Lipinski definition) is 1. The molecular formula is C11H8N4O. The summed E-state index contributed by atoms with van der Waals surface area (Å²) in [4.78, 5) is 18.8. The number of fused-ring (bicyclic) bond motifs is 1. The molecule has 78 valence electrons. The Bertz CT molecular complexity index is 685. The van der Waals surface area contributed by atoms with Gasteiger partial charge in [0, 0.05) is 11.5 Å². The van der Waals surface area contributed by atoms with Gasteiger partial charge in [0.05, 0.1) is 5.52 Å². The minimum Gasteiger partial charge on any atom is -0.339 e. The largest absolute Gasteiger partial charge is 0.339 e. The molecule has 3 aromatic rings. The number of para-hydroxylation sites is 1. The average molecular weight is 212 g/mol. The van der Waals surface area contributed by atoms with E-state index in [1.807, 2.05) is 18.2 Å². The fourth-order valence-corrected chi connectivity index (χ4v) is 1.64. The molecule has 0 saturated heterocycles. The number of rotatable bonds is 1. The summed E-state index contributed by atoms with van der Waals surface area (Å²) in [6, 6.07) is 8.88. The molecule has 0 unspecified atom stereocenters. The first-order chi connectivity index (χ1) is 7.84. The third kappa shape index (κ3) is 1.30. The van der Waals surface area contributed by atoms with E-state index in [1.54, 1.807) is 12.4 Å². The van der Waals surface area contributed by atoms with Crippen LogP contribution in [-0.4, -0.2) is 19.7 Å². The second-order valence-corrected chi connectivity index (χ2v) is 3.40. The Morgan fingerprint density at radius 3 is 2.94 bits per heavy atom. The Hall–Kier alpha value is -2.43. The molecule has 0 saturated carbocycles. The van der Waals surface area contributed by atoms with Crippen LogP contribution in [0.2, 0.25) is 0 Å². The molecule has 0 atom stereocenters. The van der Waals surface area contributed by atoms with Gasteiger partial charge in [0.25, 0.3) is 0 Å². The van der Waals surface area contributed by atoms with Crippen LogP contribution in [0.1, 0.15) is 0 Å². The van der Waals surface area contributed by atoms with Gasteiger partial charge in [0.15, 0.2) is 5.43 Å². The van der Waals surface area contributed by atoms with E-state index in [9.17, 15) is 4.79 Å². The molecule has 2 aromatic heterocycles. The number of aromatic amines is 1. The molecule has 0 spiro atoms. The Kier molecular flexibility index (Phi) is 1.83. The first kappa shape index (κ1) is 8.84. The fraction of sp³-hybridized carbons (Fsp3) is 0. The summed E-state index contributed by atoms with van der Waals surface area (Å²) in [6.07, 6.45) is 2.97. The van der Waals surface area contributed by atoms with Crippen LogP contribution in [0, 0.1) is 0 Å². The summed E-state index contributed by atoms with van der Waals surface area (Å²) in [7, 11) is 0. The van der Waals surface area contributed by atoms with Crippen LogP contribution in [0.4, 0.5) is 0 Å². The number of hydrogen-bond acceptors (Lipinski definition) is 3. The Labute approximate surface area is 90.4 Å². The lowest BCUT2D eigenvalue weighted by atomic mass is 10.2. The van der Waals surface area contributed by atoms with Crippen molar-refractivity contribution in [2.24, 2.45) is 0 Å². The van der Waals surface area contributed by atoms with Crippen LogP contribution in [0.15, 0.2) is 47.8 Å². The van der Waals surface area contributed by atoms with Crippen molar-refractivity contribution < 1.29 is 0 Å². The van der Waals surface area contributed by atoms with E-state index in [4.69, 9.17) is 0 Å². The summed E-state index contributed by atoms with van der Waals surface area (Å²) in [5, 5.41) is 4.64. The predicted molar refractivity (Wildman–Crippen MR) is 59.5 cm³/mol. The van der Waals surface area contributed by atoms with Gasteiger partial charge in [-0.1, -0.05) is 12.1 Å². The first-order valence-corrected chi connectivity index (χ1v) is 4.82. The van der Waals surface area contributed by atoms with Crippen molar-refractivity contribution >= 4 is 10.9 Å². The minimum absolute atomic E-state index is 0.0279. The molecule has 1 aromatic carbocycles. The van der Waals surface area contributed by atoms with E-state index in [-0.39, 0.29) is 5.43 Å². The lowest BCUT2D eigenvalue weighted by molar-refractivity contribution is 0.850. The van der Waals surface area contributed by atoms with E-state index in [0.29, 0.717) is 11.2 Å². The Morgan fingerprint density at radius 2 is 2.12 bits per heavy atom. The van der Waals surface area contributed by atoms with Crippen molar-refractivity contribution in [1.29, 1.82) is 0 Å². The third-order valence-corrected chi connectivity index (χ3v) is 2.39. The molecule has 1 N–H and O–H groups in total. The topological polar surface area (TPSA) is 63.6 Å². The molecule has 3 rings (SSSR count). The van der Waals surface area contributed by atoms with Gasteiger partial charge in [-0.3, -0.25) is 4.79 Å². The smallest absolute Gasteiger partial charge is 0.191 e. The van der Waals surface area contributed by atoms with Gasteiger partial charge < -0.3 is 4.98 Å². The molecule has 0 radical (unpaired) electrons. The zero-order valence-corrected chi connectivity index (χ0v) is 8.29. The van der Waals surface area contributed by atoms with Crippen LogP contribution < -0.4 is 5.43 Å². The van der Waals surface area contributed by atoms with Crippen LogP contribution in [0.3, 0.4) is 0 Å². The summed E-state index contributed by atoms with van der Waals surface area (Å²) in [5.41, 5.74) is 0.764. The first-order valence-electron chi connectivity index (χ1n) is 4.82. The van der Waals surface area contributed by atoms with Crippen molar-refractivity contribution in [2.45, 2.75) is 0 Å². The maximum atomic E-state index is 11.8. The molecular weight excluding hydrogens is 204 g/mol. The highest BCUT2D eigenvalue weighted by Gasteiger charge is 2.02.